The number of hydrogen-bond acceptors (Lipinski definition) is 4. The number of nitrogens with one attached hydrogen (secondary N) is 2. The molecule has 0 aromatic heterocycles. The molecule has 0 spiro atoms. The first kappa shape index (κ1) is 15.4. The van der Waals surface area contributed by atoms with Crippen LogP contribution in [0.1, 0.15) is 20.3 Å². The minimum absolute atomic E-state index is 0.00397. The van der Waals surface area contributed by atoms with Crippen molar-refractivity contribution in [1.29, 1.82) is 0 Å². The zero-order valence-electron chi connectivity index (χ0n) is 12.3. The Hall–Kier alpha value is -0.650. The smallest absolute Gasteiger partial charge is 0.234 e. The molecule has 0 aromatic rings. The van der Waals surface area contributed by atoms with Gasteiger partial charge in [-0.05, 0) is 47.5 Å². The predicted octanol–water partition coefficient (Wildman–Crippen LogP) is -0.262. The highest BCUT2D eigenvalue weighted by Crippen LogP contribution is 2.07. The number of hydrogen-bond donors (Lipinski definition) is 2. The Labute approximate surface area is 111 Å². The largest absolute Gasteiger partial charge is 0.353 e. The van der Waals surface area contributed by atoms with E-state index >= 15 is 0 Å². The van der Waals surface area contributed by atoms with E-state index in [1.807, 2.05) is 14.1 Å². The van der Waals surface area contributed by atoms with Crippen LogP contribution in [0.25, 0.3) is 0 Å². The fourth-order valence-electron chi connectivity index (χ4n) is 1.79. The molecule has 0 aromatic carbocycles. The number of carbonyl (C=O) groups is 1. The van der Waals surface area contributed by atoms with Crippen molar-refractivity contribution in [2.24, 2.45) is 0 Å². The van der Waals surface area contributed by atoms with Crippen molar-refractivity contribution in [2.75, 3.05) is 53.4 Å². The van der Waals surface area contributed by atoms with Gasteiger partial charge in [-0.3, -0.25) is 9.69 Å². The first-order chi connectivity index (χ1) is 8.42. The molecule has 5 heteroatoms. The summed E-state index contributed by atoms with van der Waals surface area (Å²) in [5.41, 5.74) is -0.00397. The minimum Gasteiger partial charge on any atom is -0.353 e. The van der Waals surface area contributed by atoms with E-state index < -0.39 is 0 Å². The van der Waals surface area contributed by atoms with Crippen LogP contribution in [-0.2, 0) is 4.79 Å². The van der Waals surface area contributed by atoms with Crippen LogP contribution >= 0.6 is 0 Å². The highest BCUT2D eigenvalue weighted by molar-refractivity contribution is 5.78. The van der Waals surface area contributed by atoms with Crippen molar-refractivity contribution in [3.63, 3.8) is 0 Å². The van der Waals surface area contributed by atoms with E-state index in [4.69, 9.17) is 0 Å². The van der Waals surface area contributed by atoms with Crippen LogP contribution < -0.4 is 10.6 Å². The fourth-order valence-corrected chi connectivity index (χ4v) is 1.79. The average Bonchev–Trinajstić information content (AvgIpc) is 2.55. The first-order valence-corrected chi connectivity index (χ1v) is 6.79. The number of amides is 1. The van der Waals surface area contributed by atoms with Gasteiger partial charge in [0.2, 0.25) is 5.91 Å². The Morgan fingerprint density at radius 2 is 2.06 bits per heavy atom. The summed E-state index contributed by atoms with van der Waals surface area (Å²) in [6.07, 6.45) is 1.12. The molecule has 0 atom stereocenters. The summed E-state index contributed by atoms with van der Waals surface area (Å²) in [5.74, 6) is 0.131. The van der Waals surface area contributed by atoms with Crippen LogP contribution in [0, 0.1) is 0 Å². The molecule has 18 heavy (non-hydrogen) atoms. The second-order valence-corrected chi connectivity index (χ2v) is 5.86. The maximum Gasteiger partial charge on any atom is 0.234 e. The Balaban J connectivity index is 2.28. The molecule has 1 saturated heterocycles. The third-order valence-electron chi connectivity index (χ3n) is 3.73. The summed E-state index contributed by atoms with van der Waals surface area (Å²) in [7, 11) is 4.07. The van der Waals surface area contributed by atoms with E-state index in [9.17, 15) is 4.79 Å². The van der Waals surface area contributed by atoms with Gasteiger partial charge in [0, 0.05) is 25.2 Å². The zero-order chi connectivity index (χ0) is 13.6. The molecule has 1 aliphatic rings. The van der Waals surface area contributed by atoms with Gasteiger partial charge in [0.05, 0.1) is 6.54 Å². The van der Waals surface area contributed by atoms with Crippen molar-refractivity contribution in [2.45, 2.75) is 25.8 Å². The Bertz CT molecular complexity index is 258. The number of likely N-dealkylation sites (N-methyl/N-ethyl adjacent to an activating group) is 1. The Morgan fingerprint density at radius 1 is 1.33 bits per heavy atom. The lowest BCUT2D eigenvalue weighted by Gasteiger charge is -2.33. The maximum absolute atomic E-state index is 11.9. The molecule has 0 bridgehead atoms. The molecule has 0 unspecified atom stereocenters. The fraction of sp³-hybridized carbons (Fsp3) is 0.923. The first-order valence-electron chi connectivity index (χ1n) is 6.79. The van der Waals surface area contributed by atoms with Crippen molar-refractivity contribution < 1.29 is 4.79 Å². The highest BCUT2D eigenvalue weighted by atomic mass is 16.2. The van der Waals surface area contributed by atoms with E-state index in [1.165, 1.54) is 0 Å². The molecule has 1 amide bonds. The summed E-state index contributed by atoms with van der Waals surface area (Å²) in [5, 5.41) is 6.37. The zero-order valence-corrected chi connectivity index (χ0v) is 12.3. The van der Waals surface area contributed by atoms with Gasteiger partial charge in [-0.1, -0.05) is 0 Å². The van der Waals surface area contributed by atoms with Crippen molar-refractivity contribution in [3.8, 4) is 0 Å². The van der Waals surface area contributed by atoms with Crippen LogP contribution in [-0.4, -0.2) is 74.6 Å². The Morgan fingerprint density at radius 3 is 2.72 bits per heavy atom. The van der Waals surface area contributed by atoms with Gasteiger partial charge in [0.15, 0.2) is 0 Å². The van der Waals surface area contributed by atoms with Crippen LogP contribution in [0.4, 0.5) is 0 Å². The predicted molar refractivity (Wildman–Crippen MR) is 74.7 cm³/mol. The number of carbonyl (C=O) groups excluding carboxylic acids is 1. The monoisotopic (exact) mass is 256 g/mol. The third-order valence-corrected chi connectivity index (χ3v) is 3.73. The molecular weight excluding hydrogens is 228 g/mol. The summed E-state index contributed by atoms with van der Waals surface area (Å²) in [4.78, 5) is 16.2. The normalized spacial score (nSPS) is 18.7. The molecule has 1 fully saturated rings. The number of rotatable bonds is 5. The second kappa shape index (κ2) is 7.07. The van der Waals surface area contributed by atoms with E-state index in [2.05, 4.69) is 34.3 Å². The lowest BCUT2D eigenvalue weighted by Crippen LogP contribution is -2.50. The SMILES string of the molecule is CN(C)C(C)(C)CNC(=O)CN1CCCNCC1. The van der Waals surface area contributed by atoms with Gasteiger partial charge < -0.3 is 15.5 Å². The van der Waals surface area contributed by atoms with Gasteiger partial charge in [-0.25, -0.2) is 0 Å². The molecule has 0 saturated carbocycles. The standard InChI is InChI=1S/C13H28N4O/c1-13(2,16(3)4)11-15-12(18)10-17-8-5-6-14-7-9-17/h14H,5-11H2,1-4H3,(H,15,18). The summed E-state index contributed by atoms with van der Waals surface area (Å²) in [6, 6.07) is 0. The lowest BCUT2D eigenvalue weighted by molar-refractivity contribution is -0.122. The summed E-state index contributed by atoms with van der Waals surface area (Å²) >= 11 is 0. The molecule has 1 heterocycles. The molecule has 1 aliphatic heterocycles. The van der Waals surface area contributed by atoms with Crippen LogP contribution in [0.5, 0.6) is 0 Å². The van der Waals surface area contributed by atoms with Gasteiger partial charge in [-0.2, -0.15) is 0 Å². The van der Waals surface area contributed by atoms with Gasteiger partial charge in [0.25, 0.3) is 0 Å². The van der Waals surface area contributed by atoms with E-state index in [0.29, 0.717) is 13.1 Å². The maximum atomic E-state index is 11.9. The molecule has 5 nitrogen and oxygen atoms in total. The molecule has 2 N–H and O–H groups in total. The molecule has 106 valence electrons. The van der Waals surface area contributed by atoms with E-state index in [-0.39, 0.29) is 11.4 Å². The number of nitrogens with zero attached hydrogens (tertiary/aromatic N) is 2. The third kappa shape index (κ3) is 5.33. The van der Waals surface area contributed by atoms with Crippen molar-refractivity contribution in [3.05, 3.63) is 0 Å². The van der Waals surface area contributed by atoms with Gasteiger partial charge in [-0.15, -0.1) is 0 Å². The molecule has 0 aliphatic carbocycles. The van der Waals surface area contributed by atoms with Crippen LogP contribution in [0.2, 0.25) is 0 Å². The van der Waals surface area contributed by atoms with Crippen molar-refractivity contribution >= 4 is 5.91 Å². The van der Waals surface area contributed by atoms with E-state index in [0.717, 1.165) is 32.6 Å². The Kier molecular flexibility index (Phi) is 6.05. The summed E-state index contributed by atoms with van der Waals surface area (Å²) < 4.78 is 0. The molecular formula is C13H28N4O. The van der Waals surface area contributed by atoms with Gasteiger partial charge >= 0.3 is 0 Å². The van der Waals surface area contributed by atoms with Crippen LogP contribution in [0.15, 0.2) is 0 Å². The lowest BCUT2D eigenvalue weighted by atomic mass is 10.0. The second-order valence-electron chi connectivity index (χ2n) is 5.86. The van der Waals surface area contributed by atoms with Gasteiger partial charge in [0.1, 0.15) is 0 Å². The summed E-state index contributed by atoms with van der Waals surface area (Å²) in [6.45, 7) is 9.48. The molecule has 0 radical (unpaired) electrons. The molecule has 1 rings (SSSR count). The minimum atomic E-state index is -0.00397. The highest BCUT2D eigenvalue weighted by Gasteiger charge is 2.21. The van der Waals surface area contributed by atoms with Crippen molar-refractivity contribution in [1.82, 2.24) is 20.4 Å². The topological polar surface area (TPSA) is 47.6 Å². The van der Waals surface area contributed by atoms with E-state index in [1.54, 1.807) is 0 Å². The average molecular weight is 256 g/mol. The van der Waals surface area contributed by atoms with Crippen LogP contribution in [0.3, 0.4) is 0 Å². The quantitative estimate of drug-likeness (QED) is 0.711.